The van der Waals surface area contributed by atoms with Crippen molar-refractivity contribution in [3.8, 4) is 0 Å². The average molecular weight is 552 g/mol. The highest BCUT2D eigenvalue weighted by Crippen LogP contribution is 2.70. The molecule has 9 atom stereocenters. The third kappa shape index (κ3) is 3.97. The lowest BCUT2D eigenvalue weighted by atomic mass is 9.46. The highest BCUT2D eigenvalue weighted by atomic mass is 16.7. The molecule has 1 heterocycles. The van der Waals surface area contributed by atoms with Gasteiger partial charge < -0.3 is 19.3 Å². The zero-order valence-electron chi connectivity index (χ0n) is 33.7. The molecule has 0 bridgehead atoms. The van der Waals surface area contributed by atoms with Crippen LogP contribution in [0.3, 0.4) is 0 Å². The zero-order valence-corrected chi connectivity index (χ0v) is 22.7. The van der Waals surface area contributed by atoms with Gasteiger partial charge in [-0.1, -0.05) is 58.5 Å². The predicted octanol–water partition coefficient (Wildman–Crippen LogP) is 4.70. The number of aliphatic hydroxyl groups excluding tert-OH is 1. The van der Waals surface area contributed by atoms with Crippen LogP contribution in [-0.2, 0) is 28.6 Å². The lowest BCUT2D eigenvalue weighted by molar-refractivity contribution is -0.210. The second-order valence-electron chi connectivity index (χ2n) is 12.5. The number of rotatable bonds is 5. The summed E-state index contributed by atoms with van der Waals surface area (Å²) < 4.78 is 112. The van der Waals surface area contributed by atoms with Crippen molar-refractivity contribution >= 4 is 17.5 Å². The van der Waals surface area contributed by atoms with Gasteiger partial charge in [-0.05, 0) is 62.4 Å². The lowest BCUT2D eigenvalue weighted by Crippen LogP contribution is -2.63. The molecule has 7 nitrogen and oxygen atoms in total. The maximum Gasteiger partial charge on any atom is 0.308 e. The number of carbonyl (C=O) groups excluding carboxylic acids is 3. The van der Waals surface area contributed by atoms with Crippen molar-refractivity contribution < 1.29 is 48.8 Å². The van der Waals surface area contributed by atoms with Crippen molar-refractivity contribution in [2.24, 2.45) is 40.4 Å². The Bertz CT molecular complexity index is 1550. The van der Waals surface area contributed by atoms with Crippen LogP contribution in [0.4, 0.5) is 0 Å². The van der Waals surface area contributed by atoms with Crippen molar-refractivity contribution in [3.63, 3.8) is 0 Å². The molecule has 7 heteroatoms. The Morgan fingerprint density at radius 1 is 1.26 bits per heavy atom. The first kappa shape index (κ1) is 17.2. The van der Waals surface area contributed by atoms with Gasteiger partial charge in [-0.15, -0.1) is 0 Å². The molecule has 6 aliphatic rings. The van der Waals surface area contributed by atoms with Gasteiger partial charge in [0.05, 0.1) is 18.1 Å². The first-order valence-electron chi connectivity index (χ1n) is 19.3. The molecule has 5 fully saturated rings. The van der Waals surface area contributed by atoms with Gasteiger partial charge in [-0.2, -0.15) is 0 Å². The predicted molar refractivity (Wildman–Crippen MR) is 143 cm³/mol. The van der Waals surface area contributed by atoms with Gasteiger partial charge in [-0.25, -0.2) is 0 Å². The summed E-state index contributed by atoms with van der Waals surface area (Å²) >= 11 is 0. The van der Waals surface area contributed by atoms with E-state index in [9.17, 15) is 20.9 Å². The Balaban J connectivity index is 1.47. The number of fused-ring (bicyclic) bond motifs is 7. The van der Waals surface area contributed by atoms with E-state index in [1.165, 1.54) is 6.08 Å². The summed E-state index contributed by atoms with van der Waals surface area (Å²) in [7, 11) is 0. The second kappa shape index (κ2) is 9.63. The number of hydrogen-bond donors (Lipinski definition) is 1. The molecule has 4 saturated carbocycles. The summed E-state index contributed by atoms with van der Waals surface area (Å²) in [5.41, 5.74) is -3.36. The van der Waals surface area contributed by atoms with Gasteiger partial charge in [-0.3, -0.25) is 14.4 Å². The van der Waals surface area contributed by atoms with Crippen LogP contribution in [0.1, 0.15) is 100 Å². The van der Waals surface area contributed by atoms with Crippen molar-refractivity contribution in [3.05, 3.63) is 23.8 Å². The van der Waals surface area contributed by atoms with Crippen LogP contribution in [0.15, 0.2) is 23.8 Å². The molecule has 6 rings (SSSR count). The summed E-state index contributed by atoms with van der Waals surface area (Å²) in [6, 6.07) is 0. The maximum atomic E-state index is 14.6. The molecule has 5 aliphatic carbocycles. The number of hydrogen-bond acceptors (Lipinski definition) is 7. The summed E-state index contributed by atoms with van der Waals surface area (Å²) in [6.07, 6.45) is -18.0. The highest BCUT2D eigenvalue weighted by Gasteiger charge is 2.76. The van der Waals surface area contributed by atoms with Crippen LogP contribution in [0, 0.1) is 40.4 Å². The van der Waals surface area contributed by atoms with E-state index in [1.807, 2.05) is 6.92 Å². The summed E-state index contributed by atoms with van der Waals surface area (Å²) in [5.74, 6) is -7.07. The van der Waals surface area contributed by atoms with Crippen molar-refractivity contribution in [1.29, 1.82) is 0 Å². The van der Waals surface area contributed by atoms with Crippen LogP contribution < -0.4 is 0 Å². The van der Waals surface area contributed by atoms with Gasteiger partial charge in [0, 0.05) is 37.7 Å². The van der Waals surface area contributed by atoms with Crippen LogP contribution in [-0.4, -0.2) is 53.3 Å². The number of aliphatic hydroxyl groups is 1. The van der Waals surface area contributed by atoms with Gasteiger partial charge >= 0.3 is 5.97 Å². The standard InChI is InChI=1S/C32H44O7/c1-18(2)28(36)37-17-25(35)32-26(38-29(39-32)19-8-6-5-7-9-19)15-23-22-11-10-20-14-21(33)12-13-30(20,3)27(22)24(34)16-31(23,32)4/h12-14,18-19,22-24,26-27,29,34H,5-11,15-17H2,1-4H3/t22-,23-,24-,26+,27+,29+,30-,31-,32+/m0/s1/i5D2,6D2,7D2,8D2,9D2,19D. The number of esters is 1. The minimum atomic E-state index is -3.81. The van der Waals surface area contributed by atoms with E-state index in [4.69, 9.17) is 27.9 Å². The molecule has 0 radical (unpaired) electrons. The van der Waals surface area contributed by atoms with Crippen molar-refractivity contribution in [1.82, 2.24) is 0 Å². The largest absolute Gasteiger partial charge is 0.457 e. The number of ketones is 2. The second-order valence-corrected chi connectivity index (χ2v) is 12.5. The molecule has 0 aromatic carbocycles. The van der Waals surface area contributed by atoms with Crippen LogP contribution in [0.5, 0.6) is 0 Å². The molecule has 1 N–H and O–H groups in total. The lowest BCUT2D eigenvalue weighted by Gasteiger charge is -2.59. The number of ether oxygens (including phenoxy) is 3. The van der Waals surface area contributed by atoms with E-state index in [-0.39, 0.29) is 24.5 Å². The molecule has 1 saturated heterocycles. The van der Waals surface area contributed by atoms with E-state index in [0.29, 0.717) is 12.8 Å². The fourth-order valence-electron chi connectivity index (χ4n) is 8.49. The SMILES string of the molecule is [2H]C1([2H])C([2H])([2H])C([2H])([2H])C([2H])([C@@H]2O[C@@H]3C[C@H]4[C@@H]5CCC6=CC(=O)C=C[C@]6(C)[C@H]5[C@@H](O)C[C@]4(C)[C@]3(C(=O)COC(=O)C(C)C)O2)C([2H])([2H])C1([2H])[2H]. The Hall–Kier alpha value is -1.83. The van der Waals surface area contributed by atoms with E-state index >= 15 is 0 Å². The third-order valence-electron chi connectivity index (χ3n) is 10.2. The quantitative estimate of drug-likeness (QED) is 0.494. The number of Topliss-reactive ketones (excluding diaryl/α,β-unsaturated/α-hetero) is 1. The number of carbonyl (C=O) groups is 3. The molecule has 0 amide bonds. The van der Waals surface area contributed by atoms with E-state index in [2.05, 4.69) is 0 Å². The Morgan fingerprint density at radius 3 is 2.72 bits per heavy atom. The Morgan fingerprint density at radius 2 is 2.00 bits per heavy atom. The monoisotopic (exact) mass is 551 g/mol. The van der Waals surface area contributed by atoms with Gasteiger partial charge in [0.15, 0.2) is 24.3 Å². The van der Waals surface area contributed by atoms with Crippen LogP contribution >= 0.6 is 0 Å². The molecular formula is C32H44O7. The van der Waals surface area contributed by atoms with Gasteiger partial charge in [0.2, 0.25) is 5.78 Å². The minimum Gasteiger partial charge on any atom is -0.457 e. The van der Waals surface area contributed by atoms with Crippen LogP contribution in [0.2, 0.25) is 0 Å². The maximum absolute atomic E-state index is 14.6. The molecule has 0 aromatic heterocycles. The Kier molecular flexibility index (Phi) is 4.25. The first-order chi connectivity index (χ1) is 22.6. The van der Waals surface area contributed by atoms with Crippen molar-refractivity contribution in [2.45, 2.75) is 109 Å². The van der Waals surface area contributed by atoms with Gasteiger partial charge in [0.25, 0.3) is 0 Å². The van der Waals surface area contributed by atoms with Crippen molar-refractivity contribution in [2.75, 3.05) is 6.61 Å². The molecule has 214 valence electrons. The van der Waals surface area contributed by atoms with Crippen LogP contribution in [0.25, 0.3) is 0 Å². The smallest absolute Gasteiger partial charge is 0.308 e. The summed E-state index contributed by atoms with van der Waals surface area (Å²) in [4.78, 5) is 39.3. The fraction of sp³-hybridized carbons (Fsp3) is 0.781. The topological polar surface area (TPSA) is 99.1 Å². The summed E-state index contributed by atoms with van der Waals surface area (Å²) in [6.45, 7) is 5.90. The highest BCUT2D eigenvalue weighted by molar-refractivity contribution is 6.01. The van der Waals surface area contributed by atoms with Gasteiger partial charge in [0.1, 0.15) is 0 Å². The fourth-order valence-corrected chi connectivity index (χ4v) is 8.49. The molecule has 1 aliphatic heterocycles. The third-order valence-corrected chi connectivity index (χ3v) is 10.2. The van der Waals surface area contributed by atoms with E-state index < -0.39 is 109 Å². The molecular weight excluding hydrogens is 496 g/mol. The molecule has 0 unspecified atom stereocenters. The summed E-state index contributed by atoms with van der Waals surface area (Å²) in [5, 5.41) is 12.0. The van der Waals surface area contributed by atoms with E-state index in [0.717, 1.165) is 5.57 Å². The minimum absolute atomic E-state index is 0.0330. The number of allylic oxidation sites excluding steroid dienone is 4. The molecule has 39 heavy (non-hydrogen) atoms. The first-order valence-corrected chi connectivity index (χ1v) is 13.8. The normalized spacial score (nSPS) is 56.7. The molecule has 0 aromatic rings. The van der Waals surface area contributed by atoms with E-state index in [1.54, 1.807) is 32.9 Å². The average Bonchev–Trinajstić information content (AvgIpc) is 3.51. The zero-order chi connectivity index (χ0) is 37.6. The Labute approximate surface area is 247 Å². The molecule has 0 spiro atoms.